The summed E-state index contributed by atoms with van der Waals surface area (Å²) in [4.78, 5) is 17.1. The summed E-state index contributed by atoms with van der Waals surface area (Å²) in [5.41, 5.74) is 1.29. The normalized spacial score (nSPS) is 12.0. The van der Waals surface area contributed by atoms with Gasteiger partial charge in [0.15, 0.2) is 11.5 Å². The molecule has 0 radical (unpaired) electrons. The van der Waals surface area contributed by atoms with E-state index in [1.54, 1.807) is 24.3 Å². The van der Waals surface area contributed by atoms with Gasteiger partial charge in [-0.05, 0) is 30.3 Å². The fraction of sp³-hybridized carbons (Fsp3) is 0. The number of benzene rings is 2. The standard InChI is InChI=1S/C19H13Cl2N5O3S/c20-12-8-13(21)10-15(9-12)26(30(28)29)17-6-7-25-18(24-17)16(11-22-25)19(27)23-14-4-2-1-3-5-14/h1-11H,(H,23,27)(H,28,29). The van der Waals surface area contributed by atoms with Gasteiger partial charge in [0.1, 0.15) is 5.56 Å². The van der Waals surface area contributed by atoms with Crippen LogP contribution >= 0.6 is 23.2 Å². The number of amides is 1. The van der Waals surface area contributed by atoms with Gasteiger partial charge in [0.2, 0.25) is 0 Å². The minimum absolute atomic E-state index is 0.107. The van der Waals surface area contributed by atoms with Gasteiger partial charge in [-0.15, -0.1) is 0 Å². The maximum Gasteiger partial charge on any atom is 0.267 e. The Morgan fingerprint density at radius 1 is 1.10 bits per heavy atom. The second-order valence-corrected chi connectivity index (χ2v) is 7.78. The molecule has 4 rings (SSSR count). The van der Waals surface area contributed by atoms with E-state index in [2.05, 4.69) is 15.4 Å². The molecule has 0 aliphatic carbocycles. The molecule has 0 bridgehead atoms. The van der Waals surface area contributed by atoms with E-state index in [0.29, 0.717) is 15.7 Å². The average molecular weight is 462 g/mol. The summed E-state index contributed by atoms with van der Waals surface area (Å²) in [5, 5.41) is 7.47. The maximum atomic E-state index is 12.7. The van der Waals surface area contributed by atoms with Crippen molar-refractivity contribution in [2.75, 3.05) is 9.62 Å². The SMILES string of the molecule is O=C(Nc1ccccc1)c1cnn2ccc(N(c3cc(Cl)cc(Cl)c3)S(=O)O)nc12. The fourth-order valence-electron chi connectivity index (χ4n) is 2.81. The Morgan fingerprint density at radius 3 is 2.47 bits per heavy atom. The second-order valence-electron chi connectivity index (χ2n) is 6.09. The van der Waals surface area contributed by atoms with Gasteiger partial charge in [-0.1, -0.05) is 41.4 Å². The van der Waals surface area contributed by atoms with Crippen LogP contribution in [-0.4, -0.2) is 29.3 Å². The highest BCUT2D eigenvalue weighted by Crippen LogP contribution is 2.31. The van der Waals surface area contributed by atoms with Crippen LogP contribution in [0.15, 0.2) is 67.0 Å². The number of fused-ring (bicyclic) bond motifs is 1. The average Bonchev–Trinajstić information content (AvgIpc) is 3.11. The molecule has 0 fully saturated rings. The summed E-state index contributed by atoms with van der Waals surface area (Å²) < 4.78 is 24.4. The number of carbonyl (C=O) groups excluding carboxylic acids is 1. The Bertz CT molecular complexity index is 1250. The van der Waals surface area contributed by atoms with Crippen LogP contribution in [0.2, 0.25) is 10.0 Å². The monoisotopic (exact) mass is 461 g/mol. The molecule has 2 aromatic carbocycles. The molecule has 4 aromatic rings. The molecule has 0 spiro atoms. The first-order valence-electron chi connectivity index (χ1n) is 8.50. The molecular formula is C19H13Cl2N5O3S. The molecule has 0 saturated heterocycles. The molecule has 0 aliphatic rings. The lowest BCUT2D eigenvalue weighted by Crippen LogP contribution is -2.21. The number of rotatable bonds is 5. The molecule has 0 saturated carbocycles. The first kappa shape index (κ1) is 20.3. The van der Waals surface area contributed by atoms with Gasteiger partial charge in [-0.3, -0.25) is 9.35 Å². The van der Waals surface area contributed by atoms with Crippen LogP contribution in [0.3, 0.4) is 0 Å². The number of nitrogens with zero attached hydrogens (tertiary/aromatic N) is 4. The number of carbonyl (C=O) groups is 1. The number of hydrogen-bond acceptors (Lipinski definition) is 4. The van der Waals surface area contributed by atoms with Crippen LogP contribution in [0.5, 0.6) is 0 Å². The molecule has 2 heterocycles. The molecule has 1 unspecified atom stereocenters. The van der Waals surface area contributed by atoms with Gasteiger partial charge in [-0.25, -0.2) is 18.0 Å². The van der Waals surface area contributed by atoms with Crippen molar-refractivity contribution in [1.82, 2.24) is 14.6 Å². The predicted octanol–water partition coefficient (Wildman–Crippen LogP) is 4.56. The van der Waals surface area contributed by atoms with E-state index >= 15 is 0 Å². The van der Waals surface area contributed by atoms with Crippen LogP contribution in [0.25, 0.3) is 5.65 Å². The first-order valence-corrected chi connectivity index (χ1v) is 10.3. The lowest BCUT2D eigenvalue weighted by atomic mass is 10.2. The van der Waals surface area contributed by atoms with E-state index < -0.39 is 17.2 Å². The molecule has 2 N–H and O–H groups in total. The van der Waals surface area contributed by atoms with E-state index in [1.165, 1.54) is 41.2 Å². The summed E-state index contributed by atoms with van der Waals surface area (Å²) >= 11 is 9.58. The van der Waals surface area contributed by atoms with Crippen molar-refractivity contribution in [1.29, 1.82) is 0 Å². The van der Waals surface area contributed by atoms with Crippen LogP contribution in [0.4, 0.5) is 17.2 Å². The zero-order valence-corrected chi connectivity index (χ0v) is 17.4. The minimum atomic E-state index is -2.48. The van der Waals surface area contributed by atoms with Crippen molar-refractivity contribution in [2.45, 2.75) is 0 Å². The Balaban J connectivity index is 1.75. The molecule has 152 valence electrons. The fourth-order valence-corrected chi connectivity index (χ4v) is 3.87. The van der Waals surface area contributed by atoms with Crippen molar-refractivity contribution >= 4 is 63.2 Å². The predicted molar refractivity (Wildman–Crippen MR) is 117 cm³/mol. The third kappa shape index (κ3) is 4.14. The third-order valence-corrected chi connectivity index (χ3v) is 5.22. The van der Waals surface area contributed by atoms with E-state index in [4.69, 9.17) is 23.2 Å². The van der Waals surface area contributed by atoms with Gasteiger partial charge in [0, 0.05) is 28.0 Å². The number of halogens is 2. The van der Waals surface area contributed by atoms with Crippen molar-refractivity contribution in [3.05, 3.63) is 82.6 Å². The number of aromatic nitrogens is 3. The van der Waals surface area contributed by atoms with E-state index in [-0.39, 0.29) is 22.7 Å². The van der Waals surface area contributed by atoms with Crippen LogP contribution in [0.1, 0.15) is 10.4 Å². The second kappa shape index (κ2) is 8.41. The summed E-state index contributed by atoms with van der Waals surface area (Å²) in [6, 6.07) is 14.9. The highest BCUT2D eigenvalue weighted by Gasteiger charge is 2.21. The number of anilines is 3. The lowest BCUT2D eigenvalue weighted by molar-refractivity contribution is 0.102. The van der Waals surface area contributed by atoms with Crippen molar-refractivity contribution in [2.24, 2.45) is 0 Å². The molecule has 1 amide bonds. The van der Waals surface area contributed by atoms with Crippen molar-refractivity contribution < 1.29 is 13.6 Å². The summed E-state index contributed by atoms with van der Waals surface area (Å²) in [6.07, 6.45) is 2.91. The number of hydrogen-bond donors (Lipinski definition) is 2. The Hall–Kier alpha value is -2.98. The summed E-state index contributed by atoms with van der Waals surface area (Å²) in [5.74, 6) is -0.306. The number of para-hydroxylation sites is 1. The highest BCUT2D eigenvalue weighted by molar-refractivity contribution is 7.81. The summed E-state index contributed by atoms with van der Waals surface area (Å²) in [7, 11) is 0. The van der Waals surface area contributed by atoms with Crippen molar-refractivity contribution in [3.63, 3.8) is 0 Å². The molecule has 30 heavy (non-hydrogen) atoms. The van der Waals surface area contributed by atoms with E-state index in [0.717, 1.165) is 4.31 Å². The van der Waals surface area contributed by atoms with E-state index in [1.807, 2.05) is 6.07 Å². The van der Waals surface area contributed by atoms with Gasteiger partial charge < -0.3 is 5.32 Å². The molecule has 8 nitrogen and oxygen atoms in total. The Labute approximate surface area is 183 Å². The molecule has 0 aliphatic heterocycles. The van der Waals surface area contributed by atoms with Gasteiger partial charge >= 0.3 is 0 Å². The summed E-state index contributed by atoms with van der Waals surface area (Å²) in [6.45, 7) is 0. The first-order chi connectivity index (χ1) is 14.4. The van der Waals surface area contributed by atoms with Gasteiger partial charge in [0.05, 0.1) is 11.9 Å². The van der Waals surface area contributed by atoms with Gasteiger partial charge in [0.25, 0.3) is 17.2 Å². The zero-order valence-electron chi connectivity index (χ0n) is 15.1. The third-order valence-electron chi connectivity index (χ3n) is 4.08. The topological polar surface area (TPSA) is 99.8 Å². The number of nitrogens with one attached hydrogen (secondary N) is 1. The Kier molecular flexibility index (Phi) is 5.69. The zero-order chi connectivity index (χ0) is 21.3. The van der Waals surface area contributed by atoms with Crippen LogP contribution in [-0.2, 0) is 11.3 Å². The smallest absolute Gasteiger partial charge is 0.267 e. The highest BCUT2D eigenvalue weighted by atomic mass is 35.5. The largest absolute Gasteiger partial charge is 0.322 e. The lowest BCUT2D eigenvalue weighted by Gasteiger charge is -2.19. The molecular weight excluding hydrogens is 449 g/mol. The minimum Gasteiger partial charge on any atom is -0.322 e. The Morgan fingerprint density at radius 2 is 1.80 bits per heavy atom. The molecule has 1 atom stereocenters. The maximum absolute atomic E-state index is 12.7. The van der Waals surface area contributed by atoms with Crippen LogP contribution in [0, 0.1) is 0 Å². The van der Waals surface area contributed by atoms with E-state index in [9.17, 15) is 13.6 Å². The van der Waals surface area contributed by atoms with Crippen molar-refractivity contribution in [3.8, 4) is 0 Å². The van der Waals surface area contributed by atoms with Gasteiger partial charge in [-0.2, -0.15) is 5.10 Å². The molecule has 11 heteroatoms. The van der Waals surface area contributed by atoms with Crippen LogP contribution < -0.4 is 9.62 Å². The molecule has 2 aromatic heterocycles. The quantitative estimate of drug-likeness (QED) is 0.424.